The maximum atomic E-state index is 11.3. The van der Waals surface area contributed by atoms with Crippen molar-refractivity contribution < 1.29 is 9.53 Å². The van der Waals surface area contributed by atoms with Gasteiger partial charge in [0, 0.05) is 6.04 Å². The van der Waals surface area contributed by atoms with Crippen LogP contribution in [0.25, 0.3) is 0 Å². The lowest BCUT2D eigenvalue weighted by atomic mass is 10.2. The molecule has 0 aliphatic heterocycles. The van der Waals surface area contributed by atoms with Crippen molar-refractivity contribution in [1.29, 1.82) is 0 Å². The maximum absolute atomic E-state index is 11.3. The van der Waals surface area contributed by atoms with Gasteiger partial charge in [-0.3, -0.25) is 0 Å². The molecule has 3 nitrogen and oxygen atoms in total. The third-order valence-electron chi connectivity index (χ3n) is 1.40. The minimum atomic E-state index is -0.432. The largest absolute Gasteiger partial charge is 0.444 e. The molecule has 1 amide bonds. The van der Waals surface area contributed by atoms with Crippen molar-refractivity contribution >= 4 is 6.09 Å². The van der Waals surface area contributed by atoms with Gasteiger partial charge in [-0.2, -0.15) is 0 Å². The Hall–Kier alpha value is -0.990. The fraction of sp³-hybridized carbons (Fsp3) is 0.727. The third kappa shape index (κ3) is 7.65. The van der Waals surface area contributed by atoms with Gasteiger partial charge < -0.3 is 10.1 Å². The van der Waals surface area contributed by atoms with Crippen molar-refractivity contribution in [2.24, 2.45) is 0 Å². The molecule has 0 saturated carbocycles. The number of carbonyl (C=O) groups is 1. The van der Waals surface area contributed by atoms with Gasteiger partial charge >= 0.3 is 6.09 Å². The Balaban J connectivity index is 3.89. The van der Waals surface area contributed by atoms with E-state index in [1.165, 1.54) is 0 Å². The van der Waals surface area contributed by atoms with Crippen LogP contribution in [0, 0.1) is 0 Å². The number of hydrogen-bond acceptors (Lipinski definition) is 2. The molecule has 0 radical (unpaired) electrons. The lowest BCUT2D eigenvalue weighted by molar-refractivity contribution is 0.0518. The monoisotopic (exact) mass is 199 g/mol. The summed E-state index contributed by atoms with van der Waals surface area (Å²) in [7, 11) is 0. The second-order valence-corrected chi connectivity index (χ2v) is 4.27. The van der Waals surface area contributed by atoms with Crippen molar-refractivity contribution in [2.45, 2.75) is 52.7 Å². The highest BCUT2D eigenvalue weighted by Gasteiger charge is 2.16. The number of carbonyl (C=O) groups excluding carboxylic acids is 1. The van der Waals surface area contributed by atoms with Crippen LogP contribution < -0.4 is 5.32 Å². The van der Waals surface area contributed by atoms with E-state index in [2.05, 4.69) is 12.2 Å². The smallest absolute Gasteiger partial charge is 0.408 e. The first kappa shape index (κ1) is 13.0. The predicted octanol–water partition coefficient (Wildman–Crippen LogP) is 2.87. The van der Waals surface area contributed by atoms with Gasteiger partial charge in [0.1, 0.15) is 5.60 Å². The number of amides is 1. The second-order valence-electron chi connectivity index (χ2n) is 4.27. The molecule has 1 atom stereocenters. The first-order valence-electron chi connectivity index (χ1n) is 5.01. The Kier molecular flexibility index (Phi) is 5.28. The predicted molar refractivity (Wildman–Crippen MR) is 58.3 cm³/mol. The van der Waals surface area contributed by atoms with Crippen LogP contribution >= 0.6 is 0 Å². The molecular formula is C11H21NO2. The second kappa shape index (κ2) is 5.68. The Labute approximate surface area is 86.5 Å². The van der Waals surface area contributed by atoms with Crippen LogP contribution in [0.2, 0.25) is 0 Å². The van der Waals surface area contributed by atoms with Crippen LogP contribution in [-0.2, 0) is 4.74 Å². The average molecular weight is 199 g/mol. The van der Waals surface area contributed by atoms with Crippen LogP contribution in [-0.4, -0.2) is 17.7 Å². The van der Waals surface area contributed by atoms with E-state index in [1.54, 1.807) is 0 Å². The summed E-state index contributed by atoms with van der Waals surface area (Å²) in [6.45, 7) is 9.50. The molecule has 0 aromatic carbocycles. The molecule has 0 rings (SSSR count). The van der Waals surface area contributed by atoms with Gasteiger partial charge in [0.05, 0.1) is 0 Å². The molecule has 0 aliphatic rings. The zero-order chi connectivity index (χ0) is 11.2. The van der Waals surface area contributed by atoms with Gasteiger partial charge in [0.25, 0.3) is 0 Å². The highest BCUT2D eigenvalue weighted by molar-refractivity contribution is 5.68. The fourth-order valence-corrected chi connectivity index (χ4v) is 0.882. The summed E-state index contributed by atoms with van der Waals surface area (Å²) < 4.78 is 5.10. The quantitative estimate of drug-likeness (QED) is 0.710. The van der Waals surface area contributed by atoms with Crippen LogP contribution in [0.3, 0.4) is 0 Å². The van der Waals surface area contributed by atoms with Crippen molar-refractivity contribution in [3.8, 4) is 0 Å². The molecule has 0 heterocycles. The highest BCUT2D eigenvalue weighted by Crippen LogP contribution is 2.06. The number of alkyl carbamates (subject to hydrolysis) is 1. The first-order chi connectivity index (χ1) is 6.35. The van der Waals surface area contributed by atoms with E-state index >= 15 is 0 Å². The molecule has 0 spiro atoms. The van der Waals surface area contributed by atoms with E-state index in [1.807, 2.05) is 39.8 Å². The third-order valence-corrected chi connectivity index (χ3v) is 1.40. The van der Waals surface area contributed by atoms with E-state index in [9.17, 15) is 4.79 Å². The van der Waals surface area contributed by atoms with Crippen LogP contribution in [0.1, 0.15) is 41.0 Å². The van der Waals surface area contributed by atoms with Crippen molar-refractivity contribution in [2.75, 3.05) is 0 Å². The fourth-order valence-electron chi connectivity index (χ4n) is 0.882. The Morgan fingerprint density at radius 2 is 2.07 bits per heavy atom. The molecule has 1 N–H and O–H groups in total. The summed E-state index contributed by atoms with van der Waals surface area (Å²) in [5.74, 6) is 0. The van der Waals surface area contributed by atoms with E-state index in [0.717, 1.165) is 6.42 Å². The van der Waals surface area contributed by atoms with Crippen molar-refractivity contribution in [1.82, 2.24) is 5.32 Å². The number of nitrogens with one attached hydrogen (secondary N) is 1. The molecule has 0 unspecified atom stereocenters. The lowest BCUT2D eigenvalue weighted by Crippen LogP contribution is -2.36. The van der Waals surface area contributed by atoms with Crippen molar-refractivity contribution in [3.63, 3.8) is 0 Å². The molecule has 0 aromatic rings. The SMILES string of the molecule is CC/C=C/[C@H](C)NC(=O)OC(C)(C)C. The summed E-state index contributed by atoms with van der Waals surface area (Å²) >= 11 is 0. The molecule has 0 aromatic heterocycles. The Morgan fingerprint density at radius 1 is 1.50 bits per heavy atom. The summed E-state index contributed by atoms with van der Waals surface area (Å²) in [6, 6.07) is 0.0183. The molecule has 3 heteroatoms. The molecule has 82 valence electrons. The van der Waals surface area contributed by atoms with E-state index in [4.69, 9.17) is 4.74 Å². The van der Waals surface area contributed by atoms with E-state index in [0.29, 0.717) is 0 Å². The van der Waals surface area contributed by atoms with Crippen LogP contribution in [0.4, 0.5) is 4.79 Å². The maximum Gasteiger partial charge on any atom is 0.408 e. The standard InChI is InChI=1S/C11H21NO2/c1-6-7-8-9(2)12-10(13)14-11(3,4)5/h7-9H,6H2,1-5H3,(H,12,13)/b8-7+/t9-/m0/s1. The van der Waals surface area contributed by atoms with Crippen LogP contribution in [0.15, 0.2) is 12.2 Å². The van der Waals surface area contributed by atoms with Crippen molar-refractivity contribution in [3.05, 3.63) is 12.2 Å². The lowest BCUT2D eigenvalue weighted by Gasteiger charge is -2.20. The Morgan fingerprint density at radius 3 is 2.50 bits per heavy atom. The Bertz CT molecular complexity index is 204. The van der Waals surface area contributed by atoms with Gasteiger partial charge in [-0.1, -0.05) is 19.1 Å². The molecule has 0 fully saturated rings. The first-order valence-corrected chi connectivity index (χ1v) is 5.01. The summed E-state index contributed by atoms with van der Waals surface area (Å²) in [6.07, 6.45) is 4.57. The molecule has 14 heavy (non-hydrogen) atoms. The molecular weight excluding hydrogens is 178 g/mol. The minimum Gasteiger partial charge on any atom is -0.444 e. The van der Waals surface area contributed by atoms with Crippen LogP contribution in [0.5, 0.6) is 0 Å². The number of hydrogen-bond donors (Lipinski definition) is 1. The van der Waals surface area contributed by atoms with Gasteiger partial charge in [0.15, 0.2) is 0 Å². The number of rotatable bonds is 3. The van der Waals surface area contributed by atoms with E-state index in [-0.39, 0.29) is 12.1 Å². The molecule has 0 bridgehead atoms. The molecule has 0 aliphatic carbocycles. The average Bonchev–Trinajstić information content (AvgIpc) is 1.96. The highest BCUT2D eigenvalue weighted by atomic mass is 16.6. The zero-order valence-corrected chi connectivity index (χ0v) is 9.76. The number of allylic oxidation sites excluding steroid dienone is 1. The zero-order valence-electron chi connectivity index (χ0n) is 9.76. The minimum absolute atomic E-state index is 0.0183. The van der Waals surface area contributed by atoms with Gasteiger partial charge in [-0.25, -0.2) is 4.79 Å². The van der Waals surface area contributed by atoms with Gasteiger partial charge in [0.2, 0.25) is 0 Å². The van der Waals surface area contributed by atoms with E-state index < -0.39 is 5.60 Å². The van der Waals surface area contributed by atoms with Gasteiger partial charge in [-0.05, 0) is 34.1 Å². The molecule has 0 saturated heterocycles. The summed E-state index contributed by atoms with van der Waals surface area (Å²) in [5.41, 5.74) is -0.432. The van der Waals surface area contributed by atoms with Gasteiger partial charge in [-0.15, -0.1) is 0 Å². The number of ether oxygens (including phenoxy) is 1. The summed E-state index contributed by atoms with van der Waals surface area (Å²) in [5, 5.41) is 2.72. The normalized spacial score (nSPS) is 14.1. The summed E-state index contributed by atoms with van der Waals surface area (Å²) in [4.78, 5) is 11.3. The topological polar surface area (TPSA) is 38.3 Å².